The van der Waals surface area contributed by atoms with Crippen LogP contribution in [0.2, 0.25) is 0 Å². The summed E-state index contributed by atoms with van der Waals surface area (Å²) in [5.41, 5.74) is 0. The summed E-state index contributed by atoms with van der Waals surface area (Å²) in [6.45, 7) is 6.19. The van der Waals surface area contributed by atoms with E-state index in [1.54, 1.807) is 0 Å². The van der Waals surface area contributed by atoms with Crippen LogP contribution in [0.4, 0.5) is 0 Å². The molecule has 0 bridgehead atoms. The number of hydrogen-bond donors (Lipinski definition) is 3. The summed E-state index contributed by atoms with van der Waals surface area (Å²) in [5.74, 6) is 1.56. The Morgan fingerprint density at radius 3 is 2.60 bits per heavy atom. The lowest BCUT2D eigenvalue weighted by molar-refractivity contribution is -0.0335. The molecule has 5 unspecified atom stereocenters. The Morgan fingerprint density at radius 1 is 1.20 bits per heavy atom. The first kappa shape index (κ1) is 18.6. The molecule has 7 atom stereocenters. The molecule has 0 amide bonds. The first-order valence-electron chi connectivity index (χ1n) is 9.03. The van der Waals surface area contributed by atoms with Crippen LogP contribution in [0.15, 0.2) is 4.42 Å². The second kappa shape index (κ2) is 7.57. The number of aromatic nitrogens is 2. The van der Waals surface area contributed by atoms with Crippen molar-refractivity contribution in [3.05, 3.63) is 5.89 Å². The molecule has 1 aromatic heterocycles. The highest BCUT2D eigenvalue weighted by molar-refractivity contribution is 5.01. The Hall–Kier alpha value is -1.22. The monoisotopic (exact) mass is 356 g/mol. The second-order valence-corrected chi connectivity index (χ2v) is 7.65. The van der Waals surface area contributed by atoms with Gasteiger partial charge in [-0.05, 0) is 30.6 Å². The molecule has 25 heavy (non-hydrogen) atoms. The van der Waals surface area contributed by atoms with Crippen molar-refractivity contribution >= 4 is 0 Å². The zero-order valence-electron chi connectivity index (χ0n) is 14.9. The maximum atomic E-state index is 10.0. The molecule has 2 fully saturated rings. The number of hydrogen-bond acceptors (Lipinski definition) is 8. The van der Waals surface area contributed by atoms with Crippen molar-refractivity contribution in [2.45, 2.75) is 70.6 Å². The van der Waals surface area contributed by atoms with Crippen LogP contribution in [0, 0.1) is 17.8 Å². The lowest BCUT2D eigenvalue weighted by Gasteiger charge is -2.36. The lowest BCUT2D eigenvalue weighted by Crippen LogP contribution is -2.36. The van der Waals surface area contributed by atoms with E-state index in [1.807, 2.05) is 0 Å². The zero-order chi connectivity index (χ0) is 18.1. The van der Waals surface area contributed by atoms with E-state index in [4.69, 9.17) is 19.0 Å². The SMILES string of the molecule is CC1CC[C@@H](C(C)C)[C@H](Oc2nnc(C3OC(CO)C(O)C3O)o2)C1. The maximum absolute atomic E-state index is 10.0. The van der Waals surface area contributed by atoms with Gasteiger partial charge < -0.3 is 29.2 Å². The molecule has 1 aliphatic heterocycles. The molecule has 2 aliphatic rings. The van der Waals surface area contributed by atoms with E-state index < -0.39 is 31.0 Å². The van der Waals surface area contributed by atoms with Crippen LogP contribution in [-0.2, 0) is 4.74 Å². The van der Waals surface area contributed by atoms with E-state index in [2.05, 4.69) is 31.0 Å². The normalized spacial score (nSPS) is 39.1. The smallest absolute Gasteiger partial charge is 0.415 e. The Kier molecular flexibility index (Phi) is 5.62. The molecule has 142 valence electrons. The predicted molar refractivity (Wildman–Crippen MR) is 86.8 cm³/mol. The molecule has 8 nitrogen and oxygen atoms in total. The van der Waals surface area contributed by atoms with Crippen LogP contribution in [0.3, 0.4) is 0 Å². The van der Waals surface area contributed by atoms with Crippen LogP contribution < -0.4 is 4.74 Å². The predicted octanol–water partition coefficient (Wildman–Crippen LogP) is 1.06. The van der Waals surface area contributed by atoms with E-state index in [-0.39, 0.29) is 18.1 Å². The molecule has 0 spiro atoms. The van der Waals surface area contributed by atoms with E-state index in [0.717, 1.165) is 12.8 Å². The fourth-order valence-corrected chi connectivity index (χ4v) is 3.87. The third-order valence-corrected chi connectivity index (χ3v) is 5.42. The van der Waals surface area contributed by atoms with Crippen molar-refractivity contribution < 1.29 is 29.2 Å². The van der Waals surface area contributed by atoms with Crippen molar-refractivity contribution in [1.82, 2.24) is 10.2 Å². The minimum absolute atomic E-state index is 0.0160. The van der Waals surface area contributed by atoms with Crippen LogP contribution in [0.25, 0.3) is 0 Å². The van der Waals surface area contributed by atoms with Gasteiger partial charge in [-0.3, -0.25) is 0 Å². The Morgan fingerprint density at radius 2 is 1.96 bits per heavy atom. The molecular weight excluding hydrogens is 328 g/mol. The van der Waals surface area contributed by atoms with Crippen LogP contribution in [-0.4, -0.2) is 56.5 Å². The molecule has 1 saturated carbocycles. The van der Waals surface area contributed by atoms with Crippen LogP contribution in [0.5, 0.6) is 6.08 Å². The standard InChI is InChI=1S/C17H28N2O6/c1-8(2)10-5-4-9(3)6-11(10)24-17-19-18-16(25-17)15-14(22)13(21)12(7-20)23-15/h8-15,20-22H,4-7H2,1-3H3/t9?,10-,11+,12?,13?,14?,15?/m0/s1. The topological polar surface area (TPSA) is 118 Å². The molecule has 0 radical (unpaired) electrons. The summed E-state index contributed by atoms with van der Waals surface area (Å²) in [5, 5.41) is 36.8. The molecule has 1 saturated heterocycles. The van der Waals surface area contributed by atoms with Crippen LogP contribution in [0.1, 0.15) is 52.0 Å². The summed E-state index contributed by atoms with van der Waals surface area (Å²) in [4.78, 5) is 0. The number of aliphatic hydroxyl groups excluding tert-OH is 3. The van der Waals surface area contributed by atoms with Gasteiger partial charge in [0.05, 0.1) is 6.61 Å². The van der Waals surface area contributed by atoms with E-state index >= 15 is 0 Å². The Balaban J connectivity index is 1.69. The highest BCUT2D eigenvalue weighted by Crippen LogP contribution is 2.37. The summed E-state index contributed by atoms with van der Waals surface area (Å²) in [6, 6.07) is 0. The van der Waals surface area contributed by atoms with Gasteiger partial charge in [0.15, 0.2) is 6.10 Å². The Labute approximate surface area is 147 Å². The summed E-state index contributed by atoms with van der Waals surface area (Å²) < 4.78 is 16.9. The van der Waals surface area contributed by atoms with Crippen molar-refractivity contribution in [3.63, 3.8) is 0 Å². The van der Waals surface area contributed by atoms with E-state index in [1.165, 1.54) is 6.42 Å². The van der Waals surface area contributed by atoms with Crippen molar-refractivity contribution in [2.24, 2.45) is 17.8 Å². The number of aliphatic hydroxyl groups is 3. The van der Waals surface area contributed by atoms with Crippen molar-refractivity contribution in [1.29, 1.82) is 0 Å². The van der Waals surface area contributed by atoms with Gasteiger partial charge >= 0.3 is 6.08 Å². The summed E-state index contributed by atoms with van der Waals surface area (Å²) in [7, 11) is 0. The molecule has 0 aromatic carbocycles. The molecule has 3 N–H and O–H groups in total. The lowest BCUT2D eigenvalue weighted by atomic mass is 9.75. The molecule has 1 aromatic rings. The molecule has 8 heteroatoms. The number of ether oxygens (including phenoxy) is 2. The molecule has 3 rings (SSSR count). The first-order valence-corrected chi connectivity index (χ1v) is 9.03. The fourth-order valence-electron chi connectivity index (χ4n) is 3.87. The van der Waals surface area contributed by atoms with E-state index in [9.17, 15) is 10.2 Å². The number of nitrogens with zero attached hydrogens (tertiary/aromatic N) is 2. The van der Waals surface area contributed by atoms with Gasteiger partial charge in [0.2, 0.25) is 0 Å². The summed E-state index contributed by atoms with van der Waals surface area (Å²) in [6.07, 6.45) is -0.961. The van der Waals surface area contributed by atoms with Gasteiger partial charge in [-0.1, -0.05) is 32.3 Å². The average molecular weight is 356 g/mol. The highest BCUT2D eigenvalue weighted by Gasteiger charge is 2.46. The molecule has 1 aliphatic carbocycles. The van der Waals surface area contributed by atoms with E-state index in [0.29, 0.717) is 17.8 Å². The average Bonchev–Trinajstić information content (AvgIpc) is 3.13. The fraction of sp³-hybridized carbons (Fsp3) is 0.882. The quantitative estimate of drug-likeness (QED) is 0.717. The van der Waals surface area contributed by atoms with Gasteiger partial charge in [-0.2, -0.15) is 0 Å². The van der Waals surface area contributed by atoms with Crippen molar-refractivity contribution in [3.8, 4) is 6.08 Å². The largest absolute Gasteiger partial charge is 0.445 e. The third-order valence-electron chi connectivity index (χ3n) is 5.42. The van der Waals surface area contributed by atoms with Gasteiger partial charge in [0.1, 0.15) is 24.4 Å². The maximum Gasteiger partial charge on any atom is 0.415 e. The van der Waals surface area contributed by atoms with Crippen molar-refractivity contribution in [2.75, 3.05) is 6.61 Å². The molecular formula is C17H28N2O6. The van der Waals surface area contributed by atoms with Gasteiger partial charge in [0.25, 0.3) is 5.89 Å². The third kappa shape index (κ3) is 3.81. The highest BCUT2D eigenvalue weighted by atomic mass is 16.6. The van der Waals surface area contributed by atoms with Gasteiger partial charge in [-0.25, -0.2) is 0 Å². The zero-order valence-corrected chi connectivity index (χ0v) is 14.9. The minimum atomic E-state index is -1.23. The molecule has 2 heterocycles. The Bertz CT molecular complexity index is 565. The van der Waals surface area contributed by atoms with Crippen LogP contribution >= 0.6 is 0 Å². The van der Waals surface area contributed by atoms with Gasteiger partial charge in [-0.15, -0.1) is 5.10 Å². The second-order valence-electron chi connectivity index (χ2n) is 7.65. The first-order chi connectivity index (χ1) is 11.9. The van der Waals surface area contributed by atoms with Gasteiger partial charge in [0, 0.05) is 0 Å². The number of rotatable bonds is 5. The minimum Gasteiger partial charge on any atom is -0.445 e. The summed E-state index contributed by atoms with van der Waals surface area (Å²) >= 11 is 0.